The van der Waals surface area contributed by atoms with E-state index < -0.39 is 0 Å². The molecule has 0 radical (unpaired) electrons. The molecule has 2 heterocycles. The maximum Gasteiger partial charge on any atom is 0.0960 e. The number of hydrogen-bond donors (Lipinski definition) is 1. The molecule has 2 aliphatic rings. The van der Waals surface area contributed by atoms with Crippen LogP contribution >= 0.6 is 0 Å². The first-order valence-electron chi connectivity index (χ1n) is 7.93. The molecule has 2 rings (SSSR count). The van der Waals surface area contributed by atoms with Crippen LogP contribution in [0, 0.1) is 0 Å². The summed E-state index contributed by atoms with van der Waals surface area (Å²) < 4.78 is 11.3. The van der Waals surface area contributed by atoms with Gasteiger partial charge >= 0.3 is 0 Å². The average molecular weight is 271 g/mol. The lowest BCUT2D eigenvalue weighted by Gasteiger charge is -2.35. The minimum absolute atomic E-state index is 0.00444. The summed E-state index contributed by atoms with van der Waals surface area (Å²) in [5.41, 5.74) is 0. The van der Waals surface area contributed by atoms with Crippen LogP contribution in [0.15, 0.2) is 0 Å². The number of rotatable bonds is 7. The minimum Gasteiger partial charge on any atom is -0.390 e. The lowest BCUT2D eigenvalue weighted by molar-refractivity contribution is -0.0911. The van der Waals surface area contributed by atoms with E-state index in [1.807, 2.05) is 0 Å². The molecule has 112 valence electrons. The standard InChI is InChI=1S/C15H29NO3/c1-2-8-16-9-11-19-15(12-16)14(17)7-3-5-13-6-4-10-18-13/h13-15,17H,2-12H2,1H3. The highest BCUT2D eigenvalue weighted by atomic mass is 16.5. The number of ether oxygens (including phenoxy) is 2. The fourth-order valence-electron chi connectivity index (χ4n) is 3.10. The van der Waals surface area contributed by atoms with Gasteiger partial charge in [-0.2, -0.15) is 0 Å². The zero-order valence-corrected chi connectivity index (χ0v) is 12.2. The fourth-order valence-corrected chi connectivity index (χ4v) is 3.10. The van der Waals surface area contributed by atoms with Gasteiger partial charge in [-0.3, -0.25) is 4.90 Å². The quantitative estimate of drug-likeness (QED) is 0.767. The summed E-state index contributed by atoms with van der Waals surface area (Å²) in [4.78, 5) is 2.40. The van der Waals surface area contributed by atoms with Gasteiger partial charge in [-0.1, -0.05) is 6.92 Å². The van der Waals surface area contributed by atoms with E-state index in [0.29, 0.717) is 6.10 Å². The number of aliphatic hydroxyl groups is 1. The van der Waals surface area contributed by atoms with E-state index in [1.54, 1.807) is 0 Å². The molecule has 4 heteroatoms. The van der Waals surface area contributed by atoms with Crippen molar-refractivity contribution in [3.8, 4) is 0 Å². The summed E-state index contributed by atoms with van der Waals surface area (Å²) in [7, 11) is 0. The predicted molar refractivity (Wildman–Crippen MR) is 75.3 cm³/mol. The number of morpholine rings is 1. The molecule has 0 saturated carbocycles. The van der Waals surface area contributed by atoms with Gasteiger partial charge in [0.15, 0.2) is 0 Å². The highest BCUT2D eigenvalue weighted by Gasteiger charge is 2.26. The van der Waals surface area contributed by atoms with Crippen LogP contribution in [0.3, 0.4) is 0 Å². The van der Waals surface area contributed by atoms with Crippen molar-refractivity contribution in [2.45, 2.75) is 63.8 Å². The summed E-state index contributed by atoms with van der Waals surface area (Å²) in [6.07, 6.45) is 6.65. The molecule has 2 saturated heterocycles. The van der Waals surface area contributed by atoms with Crippen molar-refractivity contribution in [2.24, 2.45) is 0 Å². The number of hydrogen-bond acceptors (Lipinski definition) is 4. The second kappa shape index (κ2) is 8.20. The molecular formula is C15H29NO3. The Bertz CT molecular complexity index is 242. The number of aliphatic hydroxyl groups excluding tert-OH is 1. The van der Waals surface area contributed by atoms with E-state index in [9.17, 15) is 5.11 Å². The summed E-state index contributed by atoms with van der Waals surface area (Å²) in [6.45, 7) is 6.88. The molecule has 3 unspecified atom stereocenters. The molecule has 1 N–H and O–H groups in total. The molecule has 0 bridgehead atoms. The van der Waals surface area contributed by atoms with Crippen LogP contribution in [0.1, 0.15) is 45.4 Å². The zero-order valence-electron chi connectivity index (χ0n) is 12.2. The molecule has 2 fully saturated rings. The Labute approximate surface area is 117 Å². The largest absolute Gasteiger partial charge is 0.390 e. The van der Waals surface area contributed by atoms with Crippen molar-refractivity contribution in [3.63, 3.8) is 0 Å². The van der Waals surface area contributed by atoms with E-state index in [-0.39, 0.29) is 12.2 Å². The molecular weight excluding hydrogens is 242 g/mol. The third-order valence-electron chi connectivity index (χ3n) is 4.20. The first-order valence-corrected chi connectivity index (χ1v) is 7.93. The maximum absolute atomic E-state index is 10.2. The van der Waals surface area contributed by atoms with Gasteiger partial charge in [-0.15, -0.1) is 0 Å². The summed E-state index contributed by atoms with van der Waals surface area (Å²) in [5.74, 6) is 0. The van der Waals surface area contributed by atoms with E-state index in [0.717, 1.165) is 52.1 Å². The summed E-state index contributed by atoms with van der Waals surface area (Å²) >= 11 is 0. The van der Waals surface area contributed by atoms with Crippen molar-refractivity contribution in [2.75, 3.05) is 32.8 Å². The third kappa shape index (κ3) is 5.03. The Kier molecular flexibility index (Phi) is 6.57. The molecule has 0 spiro atoms. The second-order valence-corrected chi connectivity index (χ2v) is 5.84. The lowest BCUT2D eigenvalue weighted by atomic mass is 10.0. The summed E-state index contributed by atoms with van der Waals surface area (Å²) in [5, 5.41) is 10.2. The van der Waals surface area contributed by atoms with Crippen LogP contribution in [-0.4, -0.2) is 61.2 Å². The predicted octanol–water partition coefficient (Wildman–Crippen LogP) is 1.81. The van der Waals surface area contributed by atoms with Gasteiger partial charge in [0.1, 0.15) is 0 Å². The molecule has 0 amide bonds. The van der Waals surface area contributed by atoms with Crippen LogP contribution in [0.25, 0.3) is 0 Å². The maximum atomic E-state index is 10.2. The Morgan fingerprint density at radius 3 is 2.95 bits per heavy atom. The highest BCUT2D eigenvalue weighted by Crippen LogP contribution is 2.20. The molecule has 19 heavy (non-hydrogen) atoms. The van der Waals surface area contributed by atoms with Crippen LogP contribution in [0.2, 0.25) is 0 Å². The van der Waals surface area contributed by atoms with Crippen LogP contribution in [0.5, 0.6) is 0 Å². The fraction of sp³-hybridized carbons (Fsp3) is 1.00. The highest BCUT2D eigenvalue weighted by molar-refractivity contribution is 4.78. The molecule has 4 nitrogen and oxygen atoms in total. The number of nitrogens with zero attached hydrogens (tertiary/aromatic N) is 1. The monoisotopic (exact) mass is 271 g/mol. The van der Waals surface area contributed by atoms with Gasteiger partial charge in [0.05, 0.1) is 24.9 Å². The Hall–Kier alpha value is -0.160. The molecule has 2 aliphatic heterocycles. The van der Waals surface area contributed by atoms with E-state index >= 15 is 0 Å². The van der Waals surface area contributed by atoms with E-state index in [1.165, 1.54) is 19.3 Å². The Balaban J connectivity index is 1.62. The smallest absolute Gasteiger partial charge is 0.0960 e. The van der Waals surface area contributed by atoms with Crippen molar-refractivity contribution in [3.05, 3.63) is 0 Å². The van der Waals surface area contributed by atoms with Crippen LogP contribution in [-0.2, 0) is 9.47 Å². The summed E-state index contributed by atoms with van der Waals surface area (Å²) in [6, 6.07) is 0. The molecule has 3 atom stereocenters. The first-order chi connectivity index (χ1) is 9.29. The first kappa shape index (κ1) is 15.2. The van der Waals surface area contributed by atoms with Gasteiger partial charge < -0.3 is 14.6 Å². The topological polar surface area (TPSA) is 41.9 Å². The van der Waals surface area contributed by atoms with Gasteiger partial charge in [0, 0.05) is 19.7 Å². The normalized spacial score (nSPS) is 30.6. The lowest BCUT2D eigenvalue weighted by Crippen LogP contribution is -2.47. The van der Waals surface area contributed by atoms with Crippen LogP contribution in [0.4, 0.5) is 0 Å². The SMILES string of the molecule is CCCN1CCOC(C(O)CCCC2CCCO2)C1. The van der Waals surface area contributed by atoms with Crippen molar-refractivity contribution in [1.82, 2.24) is 4.90 Å². The second-order valence-electron chi connectivity index (χ2n) is 5.84. The average Bonchev–Trinajstić information content (AvgIpc) is 2.92. The van der Waals surface area contributed by atoms with E-state index in [2.05, 4.69) is 11.8 Å². The minimum atomic E-state index is -0.318. The third-order valence-corrected chi connectivity index (χ3v) is 4.20. The van der Waals surface area contributed by atoms with Gasteiger partial charge in [0.2, 0.25) is 0 Å². The molecule has 0 aliphatic carbocycles. The van der Waals surface area contributed by atoms with Crippen molar-refractivity contribution >= 4 is 0 Å². The molecule has 0 aromatic rings. The van der Waals surface area contributed by atoms with Gasteiger partial charge in [-0.05, 0) is 45.1 Å². The molecule has 0 aromatic heterocycles. The zero-order chi connectivity index (χ0) is 13.5. The molecule has 0 aromatic carbocycles. The van der Waals surface area contributed by atoms with E-state index in [4.69, 9.17) is 9.47 Å². The Morgan fingerprint density at radius 2 is 2.21 bits per heavy atom. The van der Waals surface area contributed by atoms with Gasteiger partial charge in [-0.25, -0.2) is 0 Å². The van der Waals surface area contributed by atoms with Crippen molar-refractivity contribution in [1.29, 1.82) is 0 Å². The Morgan fingerprint density at radius 1 is 1.32 bits per heavy atom. The van der Waals surface area contributed by atoms with Gasteiger partial charge in [0.25, 0.3) is 0 Å². The van der Waals surface area contributed by atoms with Crippen LogP contribution < -0.4 is 0 Å². The van der Waals surface area contributed by atoms with Crippen molar-refractivity contribution < 1.29 is 14.6 Å².